The summed E-state index contributed by atoms with van der Waals surface area (Å²) in [4.78, 5) is 10.8. The van der Waals surface area contributed by atoms with Crippen molar-refractivity contribution in [3.05, 3.63) is 0 Å². The van der Waals surface area contributed by atoms with Crippen molar-refractivity contribution in [2.75, 3.05) is 18.1 Å². The third-order valence-corrected chi connectivity index (χ3v) is 4.31. The van der Waals surface area contributed by atoms with Gasteiger partial charge in [0, 0.05) is 0 Å². The van der Waals surface area contributed by atoms with E-state index in [0.29, 0.717) is 19.4 Å². The average molecular weight is 205 g/mol. The van der Waals surface area contributed by atoms with Gasteiger partial charge in [-0.15, -0.1) is 0 Å². The highest BCUT2D eigenvalue weighted by Crippen LogP contribution is 2.29. The molecule has 6 heteroatoms. The van der Waals surface area contributed by atoms with Crippen molar-refractivity contribution in [1.29, 1.82) is 0 Å². The van der Waals surface area contributed by atoms with Crippen LogP contribution in [0.25, 0.3) is 0 Å². The van der Waals surface area contributed by atoms with Crippen LogP contribution in [0, 0.1) is 0 Å². The molecule has 0 saturated carbocycles. The Morgan fingerprint density at radius 2 is 2.23 bits per heavy atom. The van der Waals surface area contributed by atoms with E-state index in [9.17, 15) is 13.2 Å². The standard InChI is InChI=1S/C7H11NO4S/c9-6-8-4-7(12-6)2-1-3-13(10,11)5-7/h1-5H2,(H,8,9). The number of rotatable bonds is 0. The topological polar surface area (TPSA) is 72.5 Å². The summed E-state index contributed by atoms with van der Waals surface area (Å²) >= 11 is 0. The van der Waals surface area contributed by atoms with Crippen molar-refractivity contribution < 1.29 is 17.9 Å². The zero-order chi connectivity index (χ0) is 9.53. The van der Waals surface area contributed by atoms with E-state index in [1.807, 2.05) is 0 Å². The van der Waals surface area contributed by atoms with Crippen molar-refractivity contribution >= 4 is 15.9 Å². The van der Waals surface area contributed by atoms with E-state index in [1.54, 1.807) is 0 Å². The highest BCUT2D eigenvalue weighted by molar-refractivity contribution is 7.91. The van der Waals surface area contributed by atoms with Gasteiger partial charge in [0.25, 0.3) is 0 Å². The normalized spacial score (nSPS) is 37.1. The summed E-state index contributed by atoms with van der Waals surface area (Å²) in [6.07, 6.45) is 0.722. The number of alkyl carbamates (subject to hydrolysis) is 1. The molecule has 0 bridgehead atoms. The molecule has 0 aromatic carbocycles. The first-order valence-corrected chi connectivity index (χ1v) is 6.01. The Labute approximate surface area is 76.4 Å². The fourth-order valence-electron chi connectivity index (χ4n) is 1.88. The Hall–Kier alpha value is -0.780. The van der Waals surface area contributed by atoms with Gasteiger partial charge in [0.15, 0.2) is 9.84 Å². The molecule has 1 atom stereocenters. The van der Waals surface area contributed by atoms with E-state index in [4.69, 9.17) is 4.74 Å². The number of amides is 1. The van der Waals surface area contributed by atoms with Crippen molar-refractivity contribution in [3.63, 3.8) is 0 Å². The zero-order valence-corrected chi connectivity index (χ0v) is 7.89. The maximum Gasteiger partial charge on any atom is 0.407 e. The van der Waals surface area contributed by atoms with Crippen LogP contribution in [0.4, 0.5) is 4.79 Å². The number of carbonyl (C=O) groups is 1. The van der Waals surface area contributed by atoms with Gasteiger partial charge in [0.05, 0.1) is 18.1 Å². The van der Waals surface area contributed by atoms with Crippen LogP contribution >= 0.6 is 0 Å². The van der Waals surface area contributed by atoms with Crippen molar-refractivity contribution in [2.45, 2.75) is 18.4 Å². The minimum absolute atomic E-state index is 0.0290. The summed E-state index contributed by atoms with van der Waals surface area (Å²) in [5.74, 6) is 0.186. The van der Waals surface area contributed by atoms with Gasteiger partial charge >= 0.3 is 6.09 Å². The van der Waals surface area contributed by atoms with E-state index in [2.05, 4.69) is 5.32 Å². The number of carbonyl (C=O) groups excluding carboxylic acids is 1. The molecular weight excluding hydrogens is 194 g/mol. The second-order valence-corrected chi connectivity index (χ2v) is 5.81. The van der Waals surface area contributed by atoms with Gasteiger partial charge in [-0.05, 0) is 12.8 Å². The maximum atomic E-state index is 11.3. The van der Waals surface area contributed by atoms with Crippen molar-refractivity contribution in [2.24, 2.45) is 0 Å². The monoisotopic (exact) mass is 205 g/mol. The molecule has 13 heavy (non-hydrogen) atoms. The Morgan fingerprint density at radius 1 is 1.46 bits per heavy atom. The van der Waals surface area contributed by atoms with Gasteiger partial charge in [-0.1, -0.05) is 0 Å². The Kier molecular flexibility index (Phi) is 1.76. The van der Waals surface area contributed by atoms with Gasteiger partial charge in [0.2, 0.25) is 0 Å². The van der Waals surface area contributed by atoms with E-state index < -0.39 is 21.5 Å². The molecule has 2 aliphatic heterocycles. The van der Waals surface area contributed by atoms with Gasteiger partial charge < -0.3 is 10.1 Å². The predicted octanol–water partition coefficient (Wildman–Crippen LogP) is -0.326. The maximum absolute atomic E-state index is 11.3. The van der Waals surface area contributed by atoms with Crippen molar-refractivity contribution in [3.8, 4) is 0 Å². The predicted molar refractivity (Wildman–Crippen MR) is 45.1 cm³/mol. The molecule has 5 nitrogen and oxygen atoms in total. The lowest BCUT2D eigenvalue weighted by molar-refractivity contribution is 0.0643. The van der Waals surface area contributed by atoms with E-state index in [-0.39, 0.29) is 11.5 Å². The first kappa shape index (κ1) is 8.80. The Bertz CT molecular complexity index is 336. The molecule has 2 aliphatic rings. The molecule has 1 amide bonds. The Balaban J connectivity index is 2.20. The smallest absolute Gasteiger partial charge is 0.407 e. The zero-order valence-electron chi connectivity index (χ0n) is 7.08. The number of hydrogen-bond donors (Lipinski definition) is 1. The molecular formula is C7H11NO4S. The molecule has 1 unspecified atom stereocenters. The highest BCUT2D eigenvalue weighted by Gasteiger charge is 2.46. The third-order valence-electron chi connectivity index (χ3n) is 2.43. The lowest BCUT2D eigenvalue weighted by atomic mass is 10.0. The van der Waals surface area contributed by atoms with Gasteiger partial charge in [0.1, 0.15) is 5.60 Å². The summed E-state index contributed by atoms with van der Waals surface area (Å²) in [6, 6.07) is 0. The second-order valence-electron chi connectivity index (χ2n) is 3.62. The second kappa shape index (κ2) is 2.60. The lowest BCUT2D eigenvalue weighted by Gasteiger charge is -2.29. The molecule has 74 valence electrons. The van der Waals surface area contributed by atoms with Crippen LogP contribution in [0.1, 0.15) is 12.8 Å². The third kappa shape index (κ3) is 1.63. The van der Waals surface area contributed by atoms with Crippen LogP contribution < -0.4 is 5.32 Å². The van der Waals surface area contributed by atoms with E-state index in [1.165, 1.54) is 0 Å². The summed E-state index contributed by atoms with van der Waals surface area (Å²) in [5, 5.41) is 2.49. The molecule has 2 fully saturated rings. The van der Waals surface area contributed by atoms with Gasteiger partial charge in [-0.3, -0.25) is 0 Å². The number of ether oxygens (including phenoxy) is 1. The lowest BCUT2D eigenvalue weighted by Crippen LogP contribution is -2.45. The summed E-state index contributed by atoms with van der Waals surface area (Å²) in [5.41, 5.74) is -0.770. The van der Waals surface area contributed by atoms with Crippen LogP contribution in [-0.2, 0) is 14.6 Å². The van der Waals surface area contributed by atoms with Crippen molar-refractivity contribution in [1.82, 2.24) is 5.32 Å². The van der Waals surface area contributed by atoms with E-state index in [0.717, 1.165) is 0 Å². The molecule has 0 aromatic heterocycles. The van der Waals surface area contributed by atoms with Crippen LogP contribution in [0.5, 0.6) is 0 Å². The van der Waals surface area contributed by atoms with Gasteiger partial charge in [-0.2, -0.15) is 0 Å². The average Bonchev–Trinajstić information content (AvgIpc) is 2.29. The first-order chi connectivity index (χ1) is 6.02. The molecule has 0 aliphatic carbocycles. The molecule has 2 saturated heterocycles. The molecule has 0 radical (unpaired) electrons. The van der Waals surface area contributed by atoms with Crippen LogP contribution in [-0.4, -0.2) is 38.2 Å². The SMILES string of the molecule is O=C1NCC2(CCCS(=O)(=O)C2)O1. The van der Waals surface area contributed by atoms with Crippen LogP contribution in [0.2, 0.25) is 0 Å². The number of nitrogens with one attached hydrogen (secondary N) is 1. The number of hydrogen-bond acceptors (Lipinski definition) is 4. The molecule has 2 rings (SSSR count). The van der Waals surface area contributed by atoms with Gasteiger partial charge in [-0.25, -0.2) is 13.2 Å². The van der Waals surface area contributed by atoms with E-state index >= 15 is 0 Å². The van der Waals surface area contributed by atoms with Crippen LogP contribution in [0.3, 0.4) is 0 Å². The largest absolute Gasteiger partial charge is 0.440 e. The molecule has 1 N–H and O–H groups in total. The fraction of sp³-hybridized carbons (Fsp3) is 0.857. The quantitative estimate of drug-likeness (QED) is 0.588. The summed E-state index contributed by atoms with van der Waals surface area (Å²) in [6.45, 7) is 0.324. The van der Waals surface area contributed by atoms with Crippen LogP contribution in [0.15, 0.2) is 0 Å². The summed E-state index contributed by atoms with van der Waals surface area (Å²) in [7, 11) is -3.02. The molecule has 0 aromatic rings. The highest BCUT2D eigenvalue weighted by atomic mass is 32.2. The Morgan fingerprint density at radius 3 is 2.77 bits per heavy atom. The fourth-order valence-corrected chi connectivity index (χ4v) is 3.72. The summed E-state index contributed by atoms with van der Waals surface area (Å²) < 4.78 is 27.6. The molecule has 2 heterocycles. The minimum atomic E-state index is -3.02. The first-order valence-electron chi connectivity index (χ1n) is 4.19. The number of sulfone groups is 1. The minimum Gasteiger partial charge on any atom is -0.440 e. The molecule has 1 spiro atoms.